The van der Waals surface area contributed by atoms with Gasteiger partial charge in [0.15, 0.2) is 12.2 Å². The molecule has 0 fully saturated rings. The monoisotopic (exact) mass is 364 g/mol. The predicted octanol–water partition coefficient (Wildman–Crippen LogP) is 2.33. The molecular weight excluding hydrogens is 351 g/mol. The highest BCUT2D eigenvalue weighted by Crippen LogP contribution is 2.20. The van der Waals surface area contributed by atoms with E-state index in [9.17, 15) is 9.18 Å². The summed E-state index contributed by atoms with van der Waals surface area (Å²) in [6.45, 7) is 0.140. The largest absolute Gasteiger partial charge is 0.442 e. The smallest absolute Gasteiger partial charge is 0.271 e. The Morgan fingerprint density at radius 3 is 2.81 bits per heavy atom. The van der Waals surface area contributed by atoms with Crippen molar-refractivity contribution in [2.45, 2.75) is 6.54 Å². The first-order chi connectivity index (χ1) is 13.1. The van der Waals surface area contributed by atoms with Gasteiger partial charge >= 0.3 is 0 Å². The number of amides is 1. The number of carbonyl (C=O) groups excluding carboxylic acids is 1. The van der Waals surface area contributed by atoms with Crippen molar-refractivity contribution < 1.29 is 13.6 Å². The summed E-state index contributed by atoms with van der Waals surface area (Å²) >= 11 is 0. The summed E-state index contributed by atoms with van der Waals surface area (Å²) in [5.41, 5.74) is 6.82. The lowest BCUT2D eigenvalue weighted by molar-refractivity contribution is 0.0947. The molecule has 3 N–H and O–H groups in total. The van der Waals surface area contributed by atoms with Gasteiger partial charge in [-0.05, 0) is 18.2 Å². The van der Waals surface area contributed by atoms with Gasteiger partial charge in [-0.15, -0.1) is 0 Å². The molecule has 4 aromatic rings. The second-order valence-corrected chi connectivity index (χ2v) is 5.63. The molecule has 134 valence electrons. The van der Waals surface area contributed by atoms with Gasteiger partial charge in [0.25, 0.3) is 5.91 Å². The van der Waals surface area contributed by atoms with Gasteiger partial charge in [-0.1, -0.05) is 18.2 Å². The number of halogens is 1. The van der Waals surface area contributed by atoms with Crippen LogP contribution in [0, 0.1) is 5.82 Å². The first-order valence-corrected chi connectivity index (χ1v) is 7.96. The number of carbonyl (C=O) groups is 1. The van der Waals surface area contributed by atoms with E-state index in [2.05, 4.69) is 25.3 Å². The molecule has 1 amide bonds. The molecule has 0 spiro atoms. The number of para-hydroxylation sites is 1. The second-order valence-electron chi connectivity index (χ2n) is 5.63. The average molecular weight is 364 g/mol. The molecule has 27 heavy (non-hydrogen) atoms. The summed E-state index contributed by atoms with van der Waals surface area (Å²) in [6.07, 6.45) is 2.87. The highest BCUT2D eigenvalue weighted by molar-refractivity contribution is 6.04. The van der Waals surface area contributed by atoms with Crippen LogP contribution in [0.4, 0.5) is 10.3 Å². The van der Waals surface area contributed by atoms with Crippen molar-refractivity contribution in [1.29, 1.82) is 0 Å². The fraction of sp³-hybridized carbons (Fsp3) is 0.0556. The summed E-state index contributed by atoms with van der Waals surface area (Å²) < 4.78 is 19.2. The van der Waals surface area contributed by atoms with Crippen molar-refractivity contribution >= 4 is 22.8 Å². The Labute approximate surface area is 152 Å². The Kier molecular flexibility index (Phi) is 4.17. The molecule has 0 atom stereocenters. The second kappa shape index (κ2) is 6.79. The number of nitrogens with two attached hydrogens (primary N) is 1. The van der Waals surface area contributed by atoms with Crippen molar-refractivity contribution in [3.63, 3.8) is 0 Å². The Bertz CT molecular complexity index is 1130. The first-order valence-electron chi connectivity index (χ1n) is 7.96. The molecule has 3 aromatic heterocycles. The number of aromatic nitrogens is 4. The zero-order valence-electron chi connectivity index (χ0n) is 13.9. The van der Waals surface area contributed by atoms with E-state index in [-0.39, 0.29) is 29.1 Å². The number of rotatable bonds is 4. The number of benzene rings is 1. The molecule has 0 aliphatic rings. The average Bonchev–Trinajstić information content (AvgIpc) is 3.21. The van der Waals surface area contributed by atoms with Crippen LogP contribution in [-0.4, -0.2) is 25.8 Å². The number of anilines is 1. The summed E-state index contributed by atoms with van der Waals surface area (Å²) in [5, 5.41) is 2.99. The molecule has 0 radical (unpaired) electrons. The van der Waals surface area contributed by atoms with Crippen molar-refractivity contribution in [2.75, 3.05) is 5.73 Å². The van der Waals surface area contributed by atoms with Crippen LogP contribution in [0.1, 0.15) is 16.2 Å². The minimum atomic E-state index is -0.572. The van der Waals surface area contributed by atoms with Crippen LogP contribution in [0.15, 0.2) is 53.4 Å². The summed E-state index contributed by atoms with van der Waals surface area (Å²) in [6, 6.07) is 9.61. The van der Waals surface area contributed by atoms with Gasteiger partial charge < -0.3 is 15.5 Å². The number of hydrogen-bond donors (Lipinski definition) is 2. The van der Waals surface area contributed by atoms with Crippen molar-refractivity contribution in [2.24, 2.45) is 0 Å². The predicted molar refractivity (Wildman–Crippen MR) is 94.8 cm³/mol. The number of nitrogens with zero attached hydrogens (tertiary/aromatic N) is 4. The fourth-order valence-corrected chi connectivity index (χ4v) is 2.62. The molecule has 9 heteroatoms. The van der Waals surface area contributed by atoms with Crippen LogP contribution in [0.2, 0.25) is 0 Å². The van der Waals surface area contributed by atoms with Crippen LogP contribution in [0.25, 0.3) is 22.4 Å². The topological polar surface area (TPSA) is 120 Å². The molecule has 8 nitrogen and oxygen atoms in total. The first kappa shape index (κ1) is 16.6. The van der Waals surface area contributed by atoms with Crippen molar-refractivity contribution in [3.05, 3.63) is 66.2 Å². The lowest BCUT2D eigenvalue weighted by atomic mass is 10.1. The molecule has 0 saturated heterocycles. The van der Waals surface area contributed by atoms with Gasteiger partial charge in [0.1, 0.15) is 22.7 Å². The quantitative estimate of drug-likeness (QED) is 0.570. The number of fused-ring (bicyclic) bond motifs is 1. The molecule has 0 saturated carbocycles. The molecule has 3 heterocycles. The maximum absolute atomic E-state index is 13.9. The Hall–Kier alpha value is -3.88. The molecule has 0 bridgehead atoms. The lowest BCUT2D eigenvalue weighted by Gasteiger charge is -2.08. The van der Waals surface area contributed by atoms with E-state index in [1.54, 1.807) is 30.5 Å². The van der Waals surface area contributed by atoms with Gasteiger partial charge in [-0.3, -0.25) is 4.79 Å². The fourth-order valence-electron chi connectivity index (χ4n) is 2.62. The normalized spacial score (nSPS) is 10.9. The van der Waals surface area contributed by atoms with Crippen LogP contribution in [0.5, 0.6) is 0 Å². The summed E-state index contributed by atoms with van der Waals surface area (Å²) in [5.74, 6) is -0.736. The number of hydrogen-bond acceptors (Lipinski definition) is 7. The van der Waals surface area contributed by atoms with Gasteiger partial charge in [0.05, 0.1) is 18.4 Å². The van der Waals surface area contributed by atoms with Gasteiger partial charge in [0, 0.05) is 5.39 Å². The van der Waals surface area contributed by atoms with E-state index in [1.165, 1.54) is 18.5 Å². The highest BCUT2D eigenvalue weighted by Gasteiger charge is 2.16. The molecule has 4 rings (SSSR count). The van der Waals surface area contributed by atoms with Crippen LogP contribution in [0.3, 0.4) is 0 Å². The van der Waals surface area contributed by atoms with E-state index < -0.39 is 11.7 Å². The summed E-state index contributed by atoms with van der Waals surface area (Å²) in [4.78, 5) is 28.7. The van der Waals surface area contributed by atoms with E-state index >= 15 is 0 Å². The maximum Gasteiger partial charge on any atom is 0.271 e. The molecule has 0 aliphatic carbocycles. The zero-order valence-corrected chi connectivity index (χ0v) is 13.9. The van der Waals surface area contributed by atoms with Crippen molar-refractivity contribution in [1.82, 2.24) is 25.3 Å². The number of pyridine rings is 1. The standard InChI is InChI=1S/C18H13FN6O2/c19-12-5-2-4-11-15(12)24-18(20)25-16(11)17(26)22-7-10-3-1-6-13(23-10)14-8-21-9-27-14/h1-6,8-9H,7H2,(H,22,26)(H2,20,24,25). The van der Waals surface area contributed by atoms with Crippen LogP contribution >= 0.6 is 0 Å². The van der Waals surface area contributed by atoms with Gasteiger partial charge in [-0.25, -0.2) is 24.3 Å². The third kappa shape index (κ3) is 3.30. The molecule has 0 aliphatic heterocycles. The highest BCUT2D eigenvalue weighted by atomic mass is 19.1. The van der Waals surface area contributed by atoms with E-state index in [1.807, 2.05) is 0 Å². The minimum absolute atomic E-state index is 0.000548. The lowest BCUT2D eigenvalue weighted by Crippen LogP contribution is -2.25. The number of nitrogen functional groups attached to an aromatic ring is 1. The third-order valence-corrected chi connectivity index (χ3v) is 3.83. The number of oxazole rings is 1. The Morgan fingerprint density at radius 1 is 1.15 bits per heavy atom. The van der Waals surface area contributed by atoms with Crippen LogP contribution < -0.4 is 11.1 Å². The summed E-state index contributed by atoms with van der Waals surface area (Å²) in [7, 11) is 0. The third-order valence-electron chi connectivity index (χ3n) is 3.83. The van der Waals surface area contributed by atoms with E-state index in [0.29, 0.717) is 17.1 Å². The van der Waals surface area contributed by atoms with E-state index in [0.717, 1.165) is 0 Å². The SMILES string of the molecule is Nc1nc(C(=O)NCc2cccc(-c3cnco3)n2)c2cccc(F)c2n1. The minimum Gasteiger partial charge on any atom is -0.442 e. The van der Waals surface area contributed by atoms with Crippen LogP contribution in [-0.2, 0) is 6.54 Å². The molecule has 0 unspecified atom stereocenters. The van der Waals surface area contributed by atoms with Gasteiger partial charge in [-0.2, -0.15) is 0 Å². The Morgan fingerprint density at radius 2 is 2.00 bits per heavy atom. The molecular formula is C18H13FN6O2. The molecule has 1 aromatic carbocycles. The zero-order chi connectivity index (χ0) is 18.8. The van der Waals surface area contributed by atoms with E-state index in [4.69, 9.17) is 10.2 Å². The number of nitrogens with one attached hydrogen (secondary N) is 1. The van der Waals surface area contributed by atoms with Crippen molar-refractivity contribution in [3.8, 4) is 11.5 Å². The Balaban J connectivity index is 1.58. The maximum atomic E-state index is 13.9. The van der Waals surface area contributed by atoms with Gasteiger partial charge in [0.2, 0.25) is 5.95 Å².